The summed E-state index contributed by atoms with van der Waals surface area (Å²) in [4.78, 5) is 6.74. The van der Waals surface area contributed by atoms with Crippen LogP contribution >= 0.6 is 0 Å². The molecule has 0 spiro atoms. The Labute approximate surface area is 96.4 Å². The number of hydrogen-bond acceptors (Lipinski definition) is 4. The topological polar surface area (TPSA) is 42.3 Å². The van der Waals surface area contributed by atoms with Gasteiger partial charge in [0.15, 0.2) is 0 Å². The number of hydrogen-bond donors (Lipinski definition) is 1. The number of ether oxygens (including phenoxy) is 1. The van der Waals surface area contributed by atoms with Gasteiger partial charge >= 0.3 is 0 Å². The second-order valence-electron chi connectivity index (χ2n) is 4.27. The standard InChI is InChI=1S/C11H20N4O/c1-14(2)11-13-9-8-12-5-4-10(9)15(11)6-7-16-3/h12H,4-8H2,1-3H3. The molecule has 0 bridgehead atoms. The molecule has 0 fully saturated rings. The van der Waals surface area contributed by atoms with Gasteiger partial charge in [0, 0.05) is 53.0 Å². The molecular formula is C11H20N4O. The van der Waals surface area contributed by atoms with Crippen molar-refractivity contribution in [1.82, 2.24) is 14.9 Å². The summed E-state index contributed by atoms with van der Waals surface area (Å²) in [5, 5.41) is 3.35. The minimum absolute atomic E-state index is 0.733. The van der Waals surface area contributed by atoms with Crippen LogP contribution in [0.1, 0.15) is 11.4 Å². The third-order valence-corrected chi connectivity index (χ3v) is 2.89. The van der Waals surface area contributed by atoms with Crippen molar-refractivity contribution in [2.24, 2.45) is 0 Å². The first-order valence-corrected chi connectivity index (χ1v) is 5.69. The van der Waals surface area contributed by atoms with Crippen LogP contribution in [-0.2, 0) is 24.2 Å². The van der Waals surface area contributed by atoms with Gasteiger partial charge in [-0.05, 0) is 0 Å². The van der Waals surface area contributed by atoms with Crippen molar-refractivity contribution in [1.29, 1.82) is 0 Å². The van der Waals surface area contributed by atoms with E-state index in [1.165, 1.54) is 11.4 Å². The fraction of sp³-hybridized carbons (Fsp3) is 0.727. The third kappa shape index (κ3) is 2.05. The molecule has 0 unspecified atom stereocenters. The predicted molar refractivity (Wildman–Crippen MR) is 63.8 cm³/mol. The Morgan fingerprint density at radius 2 is 2.31 bits per heavy atom. The number of nitrogens with zero attached hydrogens (tertiary/aromatic N) is 3. The van der Waals surface area contributed by atoms with Gasteiger partial charge in [-0.15, -0.1) is 0 Å². The number of aromatic nitrogens is 2. The maximum atomic E-state index is 5.16. The molecule has 0 saturated carbocycles. The molecule has 1 N–H and O–H groups in total. The van der Waals surface area contributed by atoms with Gasteiger partial charge in [0.1, 0.15) is 0 Å². The highest BCUT2D eigenvalue weighted by atomic mass is 16.5. The Morgan fingerprint density at radius 3 is 3.00 bits per heavy atom. The van der Waals surface area contributed by atoms with Crippen LogP contribution in [0.2, 0.25) is 0 Å². The molecule has 90 valence electrons. The van der Waals surface area contributed by atoms with Crippen LogP contribution in [-0.4, -0.2) is 43.9 Å². The van der Waals surface area contributed by atoms with Crippen LogP contribution < -0.4 is 10.2 Å². The van der Waals surface area contributed by atoms with E-state index in [4.69, 9.17) is 4.74 Å². The smallest absolute Gasteiger partial charge is 0.205 e. The first-order chi connectivity index (χ1) is 7.74. The van der Waals surface area contributed by atoms with Crippen molar-refractivity contribution in [3.05, 3.63) is 11.4 Å². The van der Waals surface area contributed by atoms with E-state index in [-0.39, 0.29) is 0 Å². The predicted octanol–water partition coefficient (Wildman–Crippen LogP) is 0.241. The van der Waals surface area contributed by atoms with E-state index < -0.39 is 0 Å². The molecule has 1 aliphatic rings. The van der Waals surface area contributed by atoms with Gasteiger partial charge in [-0.2, -0.15) is 0 Å². The van der Waals surface area contributed by atoms with Crippen molar-refractivity contribution in [2.75, 3.05) is 39.3 Å². The molecule has 0 saturated heterocycles. The Morgan fingerprint density at radius 1 is 1.50 bits per heavy atom. The lowest BCUT2D eigenvalue weighted by Gasteiger charge is -2.18. The van der Waals surface area contributed by atoms with Crippen molar-refractivity contribution in [2.45, 2.75) is 19.5 Å². The van der Waals surface area contributed by atoms with E-state index in [9.17, 15) is 0 Å². The SMILES string of the molecule is COCCn1c(N(C)C)nc2c1CCNC2. The van der Waals surface area contributed by atoms with E-state index >= 15 is 0 Å². The molecule has 5 nitrogen and oxygen atoms in total. The maximum absolute atomic E-state index is 5.16. The van der Waals surface area contributed by atoms with Crippen molar-refractivity contribution >= 4 is 5.95 Å². The van der Waals surface area contributed by atoms with Gasteiger partial charge < -0.3 is 19.5 Å². The quantitative estimate of drug-likeness (QED) is 0.795. The zero-order valence-electron chi connectivity index (χ0n) is 10.3. The summed E-state index contributed by atoms with van der Waals surface area (Å²) in [6.07, 6.45) is 1.06. The maximum Gasteiger partial charge on any atom is 0.205 e. The number of fused-ring (bicyclic) bond motifs is 1. The van der Waals surface area contributed by atoms with Gasteiger partial charge in [0.25, 0.3) is 0 Å². The van der Waals surface area contributed by atoms with Crippen molar-refractivity contribution < 1.29 is 4.74 Å². The second-order valence-corrected chi connectivity index (χ2v) is 4.27. The molecule has 5 heteroatoms. The van der Waals surface area contributed by atoms with Crippen LogP contribution in [0.4, 0.5) is 5.95 Å². The molecule has 0 aromatic carbocycles. The van der Waals surface area contributed by atoms with Crippen molar-refractivity contribution in [3.8, 4) is 0 Å². The Bertz CT molecular complexity index is 359. The number of anilines is 1. The minimum atomic E-state index is 0.733. The highest BCUT2D eigenvalue weighted by molar-refractivity contribution is 5.37. The van der Waals surface area contributed by atoms with E-state index in [2.05, 4.69) is 19.8 Å². The van der Waals surface area contributed by atoms with Crippen LogP contribution in [0.15, 0.2) is 0 Å². The molecule has 2 heterocycles. The van der Waals surface area contributed by atoms with E-state index in [0.29, 0.717) is 0 Å². The highest BCUT2D eigenvalue weighted by Crippen LogP contribution is 2.21. The first-order valence-electron chi connectivity index (χ1n) is 5.69. The average molecular weight is 224 g/mol. The monoisotopic (exact) mass is 224 g/mol. The third-order valence-electron chi connectivity index (χ3n) is 2.89. The zero-order chi connectivity index (χ0) is 11.5. The lowest BCUT2D eigenvalue weighted by Crippen LogP contribution is -2.25. The van der Waals surface area contributed by atoms with Crippen LogP contribution in [0.5, 0.6) is 0 Å². The van der Waals surface area contributed by atoms with Gasteiger partial charge in [-0.25, -0.2) is 4.98 Å². The molecule has 16 heavy (non-hydrogen) atoms. The van der Waals surface area contributed by atoms with Crippen LogP contribution in [0.25, 0.3) is 0 Å². The molecule has 1 aromatic heterocycles. The number of rotatable bonds is 4. The molecule has 1 aliphatic heterocycles. The van der Waals surface area contributed by atoms with Crippen LogP contribution in [0.3, 0.4) is 0 Å². The average Bonchev–Trinajstić information content (AvgIpc) is 2.65. The summed E-state index contributed by atoms with van der Waals surface area (Å²) in [5.41, 5.74) is 2.55. The van der Waals surface area contributed by atoms with Gasteiger partial charge in [0.05, 0.1) is 12.3 Å². The Kier molecular flexibility index (Phi) is 3.46. The summed E-state index contributed by atoms with van der Waals surface area (Å²) in [5.74, 6) is 1.03. The largest absolute Gasteiger partial charge is 0.383 e. The van der Waals surface area contributed by atoms with E-state index in [1.807, 2.05) is 14.1 Å². The summed E-state index contributed by atoms with van der Waals surface area (Å²) in [6, 6.07) is 0. The molecular weight excluding hydrogens is 204 g/mol. The highest BCUT2D eigenvalue weighted by Gasteiger charge is 2.20. The normalized spacial score (nSPS) is 14.9. The molecule has 0 amide bonds. The van der Waals surface area contributed by atoms with Gasteiger partial charge in [-0.1, -0.05) is 0 Å². The number of methoxy groups -OCH3 is 1. The lowest BCUT2D eigenvalue weighted by molar-refractivity contribution is 0.186. The zero-order valence-corrected chi connectivity index (χ0v) is 10.3. The summed E-state index contributed by atoms with van der Waals surface area (Å²) in [6.45, 7) is 3.54. The van der Waals surface area contributed by atoms with Gasteiger partial charge in [-0.3, -0.25) is 0 Å². The first kappa shape index (κ1) is 11.4. The summed E-state index contributed by atoms with van der Waals surface area (Å²) < 4.78 is 7.44. The van der Waals surface area contributed by atoms with Gasteiger partial charge in [0.2, 0.25) is 5.95 Å². The molecule has 2 rings (SSSR count). The fourth-order valence-electron chi connectivity index (χ4n) is 2.12. The number of imidazole rings is 1. The fourth-order valence-corrected chi connectivity index (χ4v) is 2.12. The number of nitrogens with one attached hydrogen (secondary N) is 1. The Hall–Kier alpha value is -1.07. The molecule has 0 atom stereocenters. The van der Waals surface area contributed by atoms with Crippen LogP contribution in [0, 0.1) is 0 Å². The Balaban J connectivity index is 2.32. The molecule has 0 radical (unpaired) electrons. The second kappa shape index (κ2) is 4.84. The molecule has 0 aliphatic carbocycles. The summed E-state index contributed by atoms with van der Waals surface area (Å²) >= 11 is 0. The lowest BCUT2D eigenvalue weighted by atomic mass is 10.2. The minimum Gasteiger partial charge on any atom is -0.383 e. The van der Waals surface area contributed by atoms with Crippen molar-refractivity contribution in [3.63, 3.8) is 0 Å². The van der Waals surface area contributed by atoms with E-state index in [1.54, 1.807) is 7.11 Å². The summed E-state index contributed by atoms with van der Waals surface area (Å²) in [7, 11) is 5.80. The molecule has 1 aromatic rings. The van der Waals surface area contributed by atoms with E-state index in [0.717, 1.165) is 38.6 Å².